The minimum absolute atomic E-state index is 0.242. The van der Waals surface area contributed by atoms with Gasteiger partial charge in [-0.2, -0.15) is 0 Å². The first-order valence-corrected chi connectivity index (χ1v) is 6.33. The van der Waals surface area contributed by atoms with Crippen molar-refractivity contribution in [1.82, 2.24) is 5.32 Å². The highest BCUT2D eigenvalue weighted by molar-refractivity contribution is 5.80. The number of nitrogens with one attached hydrogen (secondary N) is 1. The van der Waals surface area contributed by atoms with Crippen molar-refractivity contribution in [2.45, 2.75) is 32.5 Å². The lowest BCUT2D eigenvalue weighted by Gasteiger charge is -2.16. The highest BCUT2D eigenvalue weighted by Gasteiger charge is 2.15. The van der Waals surface area contributed by atoms with E-state index >= 15 is 0 Å². The Labute approximate surface area is 113 Å². The van der Waals surface area contributed by atoms with Crippen molar-refractivity contribution in [2.75, 3.05) is 13.7 Å². The Morgan fingerprint density at radius 3 is 2.42 bits per heavy atom. The summed E-state index contributed by atoms with van der Waals surface area (Å²) >= 11 is 0. The zero-order valence-electron chi connectivity index (χ0n) is 11.6. The lowest BCUT2D eigenvalue weighted by atomic mass is 10.2. The van der Waals surface area contributed by atoms with Crippen LogP contribution >= 0.6 is 0 Å². The first-order chi connectivity index (χ1) is 9.06. The van der Waals surface area contributed by atoms with Crippen molar-refractivity contribution in [2.24, 2.45) is 0 Å². The molecular formula is C14H21NO4. The van der Waals surface area contributed by atoms with Crippen LogP contribution < -0.4 is 14.8 Å². The average molecular weight is 267 g/mol. The second-order valence-electron chi connectivity index (χ2n) is 4.24. The molecule has 2 N–H and O–H groups in total. The molecule has 0 aliphatic heterocycles. The number of benzene rings is 1. The summed E-state index contributed by atoms with van der Waals surface area (Å²) in [6.45, 7) is 3.76. The van der Waals surface area contributed by atoms with Crippen LogP contribution in [-0.2, 0) is 4.79 Å². The number of rotatable bonds is 7. The van der Waals surface area contributed by atoms with E-state index in [0.717, 1.165) is 5.75 Å². The summed E-state index contributed by atoms with van der Waals surface area (Å²) in [5.41, 5.74) is 0. The Morgan fingerprint density at radius 2 is 1.89 bits per heavy atom. The van der Waals surface area contributed by atoms with Gasteiger partial charge in [0.1, 0.15) is 11.5 Å². The number of aliphatic hydroxyl groups is 1. The maximum atomic E-state index is 11.7. The Balaban J connectivity index is 2.44. The van der Waals surface area contributed by atoms with Crippen molar-refractivity contribution in [3.63, 3.8) is 0 Å². The fourth-order valence-corrected chi connectivity index (χ4v) is 1.42. The van der Waals surface area contributed by atoms with E-state index in [0.29, 0.717) is 12.2 Å². The largest absolute Gasteiger partial charge is 0.497 e. The zero-order chi connectivity index (χ0) is 14.3. The van der Waals surface area contributed by atoms with Gasteiger partial charge in [-0.05, 0) is 37.6 Å². The van der Waals surface area contributed by atoms with Crippen LogP contribution in [0.1, 0.15) is 20.3 Å². The van der Waals surface area contributed by atoms with E-state index in [1.165, 1.54) is 0 Å². The van der Waals surface area contributed by atoms with Gasteiger partial charge in [-0.1, -0.05) is 6.92 Å². The normalized spacial score (nSPS) is 13.5. The number of hydrogen-bond acceptors (Lipinski definition) is 4. The number of hydrogen-bond donors (Lipinski definition) is 2. The standard InChI is InChI=1S/C14H21NO4/c1-4-11(16)9-15-14(17)10(2)19-13-7-5-12(18-3)6-8-13/h5-8,10-11,16H,4,9H2,1-3H3,(H,15,17). The lowest BCUT2D eigenvalue weighted by molar-refractivity contribution is -0.127. The van der Waals surface area contributed by atoms with Crippen LogP contribution in [0.2, 0.25) is 0 Å². The van der Waals surface area contributed by atoms with E-state index in [-0.39, 0.29) is 12.5 Å². The maximum Gasteiger partial charge on any atom is 0.260 e. The van der Waals surface area contributed by atoms with E-state index in [4.69, 9.17) is 9.47 Å². The van der Waals surface area contributed by atoms with E-state index in [1.807, 2.05) is 6.92 Å². The fourth-order valence-electron chi connectivity index (χ4n) is 1.42. The van der Waals surface area contributed by atoms with Crippen LogP contribution in [-0.4, -0.2) is 36.9 Å². The summed E-state index contributed by atoms with van der Waals surface area (Å²) in [5, 5.41) is 12.0. The van der Waals surface area contributed by atoms with Crippen molar-refractivity contribution in [1.29, 1.82) is 0 Å². The number of carbonyl (C=O) groups is 1. The fraction of sp³-hybridized carbons (Fsp3) is 0.500. The summed E-state index contributed by atoms with van der Waals surface area (Å²) in [6, 6.07) is 7.01. The zero-order valence-corrected chi connectivity index (χ0v) is 11.6. The molecule has 106 valence electrons. The molecule has 1 amide bonds. The van der Waals surface area contributed by atoms with Gasteiger partial charge in [0.05, 0.1) is 13.2 Å². The van der Waals surface area contributed by atoms with Gasteiger partial charge in [0.25, 0.3) is 5.91 Å². The maximum absolute atomic E-state index is 11.7. The predicted molar refractivity (Wildman–Crippen MR) is 72.4 cm³/mol. The van der Waals surface area contributed by atoms with Gasteiger partial charge in [-0.15, -0.1) is 0 Å². The molecule has 1 aromatic carbocycles. The Bertz CT molecular complexity index is 391. The minimum atomic E-state index is -0.613. The smallest absolute Gasteiger partial charge is 0.260 e. The number of aliphatic hydroxyl groups excluding tert-OH is 1. The van der Waals surface area contributed by atoms with Gasteiger partial charge >= 0.3 is 0 Å². The molecule has 19 heavy (non-hydrogen) atoms. The number of carbonyl (C=O) groups excluding carboxylic acids is 1. The molecule has 0 aliphatic carbocycles. The topological polar surface area (TPSA) is 67.8 Å². The summed E-state index contributed by atoms with van der Waals surface area (Å²) in [4.78, 5) is 11.7. The monoisotopic (exact) mass is 267 g/mol. The molecule has 0 aliphatic rings. The summed E-state index contributed by atoms with van der Waals surface area (Å²) in [7, 11) is 1.59. The van der Waals surface area contributed by atoms with Crippen LogP contribution in [0.3, 0.4) is 0 Å². The van der Waals surface area contributed by atoms with E-state index in [2.05, 4.69) is 5.32 Å². The third kappa shape index (κ3) is 5.18. The van der Waals surface area contributed by atoms with E-state index in [9.17, 15) is 9.90 Å². The van der Waals surface area contributed by atoms with Crippen LogP contribution in [0.25, 0.3) is 0 Å². The molecule has 1 aromatic rings. The molecule has 5 heteroatoms. The van der Waals surface area contributed by atoms with Crippen LogP contribution in [0.4, 0.5) is 0 Å². The molecule has 0 spiro atoms. The minimum Gasteiger partial charge on any atom is -0.497 e. The van der Waals surface area contributed by atoms with Crippen molar-refractivity contribution < 1.29 is 19.4 Å². The van der Waals surface area contributed by atoms with Crippen molar-refractivity contribution >= 4 is 5.91 Å². The number of ether oxygens (including phenoxy) is 2. The van der Waals surface area contributed by atoms with Crippen molar-refractivity contribution in [3.8, 4) is 11.5 Å². The molecule has 2 unspecified atom stereocenters. The quantitative estimate of drug-likeness (QED) is 0.782. The predicted octanol–water partition coefficient (Wildman–Crippen LogP) is 1.35. The van der Waals surface area contributed by atoms with Crippen LogP contribution in [0.15, 0.2) is 24.3 Å². The van der Waals surface area contributed by atoms with Gasteiger partial charge in [0, 0.05) is 6.54 Å². The van der Waals surface area contributed by atoms with Gasteiger partial charge in [-0.25, -0.2) is 0 Å². The molecule has 0 fully saturated rings. The average Bonchev–Trinajstić information content (AvgIpc) is 2.44. The summed E-state index contributed by atoms with van der Waals surface area (Å²) in [5.74, 6) is 1.08. The first-order valence-electron chi connectivity index (χ1n) is 6.33. The van der Waals surface area contributed by atoms with Gasteiger partial charge < -0.3 is 19.9 Å². The Hall–Kier alpha value is -1.75. The van der Waals surface area contributed by atoms with Crippen LogP contribution in [0, 0.1) is 0 Å². The molecule has 0 radical (unpaired) electrons. The molecule has 0 heterocycles. The molecule has 0 bridgehead atoms. The second kappa shape index (κ2) is 7.63. The SMILES string of the molecule is CCC(O)CNC(=O)C(C)Oc1ccc(OC)cc1. The molecule has 0 saturated heterocycles. The highest BCUT2D eigenvalue weighted by Crippen LogP contribution is 2.18. The third-order valence-corrected chi connectivity index (χ3v) is 2.72. The Kier molecular flexibility index (Phi) is 6.15. The van der Waals surface area contributed by atoms with E-state index in [1.54, 1.807) is 38.3 Å². The Morgan fingerprint density at radius 1 is 1.32 bits per heavy atom. The van der Waals surface area contributed by atoms with Gasteiger partial charge in [-0.3, -0.25) is 4.79 Å². The number of methoxy groups -OCH3 is 1. The van der Waals surface area contributed by atoms with Gasteiger partial charge in [0.2, 0.25) is 0 Å². The molecule has 0 saturated carbocycles. The highest BCUT2D eigenvalue weighted by atomic mass is 16.5. The molecular weight excluding hydrogens is 246 g/mol. The summed E-state index contributed by atoms with van der Waals surface area (Å²) in [6.07, 6.45) is -0.525. The molecule has 2 atom stereocenters. The lowest BCUT2D eigenvalue weighted by Crippen LogP contribution is -2.40. The van der Waals surface area contributed by atoms with E-state index < -0.39 is 12.2 Å². The second-order valence-corrected chi connectivity index (χ2v) is 4.24. The van der Waals surface area contributed by atoms with Crippen molar-refractivity contribution in [3.05, 3.63) is 24.3 Å². The molecule has 0 aromatic heterocycles. The first kappa shape index (κ1) is 15.3. The van der Waals surface area contributed by atoms with Gasteiger partial charge in [0.15, 0.2) is 6.10 Å². The molecule has 1 rings (SSSR count). The summed E-state index contributed by atoms with van der Waals surface area (Å²) < 4.78 is 10.5. The van der Waals surface area contributed by atoms with Crippen LogP contribution in [0.5, 0.6) is 11.5 Å². The number of amides is 1. The third-order valence-electron chi connectivity index (χ3n) is 2.72. The molecule has 5 nitrogen and oxygen atoms in total.